The molecule has 2 aromatic rings. The number of esters is 1. The van der Waals surface area contributed by atoms with Gasteiger partial charge >= 0.3 is 5.97 Å². The predicted octanol–water partition coefficient (Wildman–Crippen LogP) is 2.30. The second kappa shape index (κ2) is 9.03. The molecule has 1 fully saturated rings. The number of rotatable bonds is 7. The van der Waals surface area contributed by atoms with Crippen molar-refractivity contribution in [1.82, 2.24) is 5.32 Å². The van der Waals surface area contributed by atoms with Crippen molar-refractivity contribution in [2.45, 2.75) is 19.4 Å². The van der Waals surface area contributed by atoms with Crippen molar-refractivity contribution in [2.75, 3.05) is 25.2 Å². The third-order valence-electron chi connectivity index (χ3n) is 4.47. The number of carbonyl (C=O) groups excluding carboxylic acids is 3. The molecule has 0 aromatic heterocycles. The van der Waals surface area contributed by atoms with E-state index in [2.05, 4.69) is 5.32 Å². The van der Waals surface area contributed by atoms with Crippen LogP contribution in [0.2, 0.25) is 0 Å². The maximum absolute atomic E-state index is 12.4. The number of para-hydroxylation sites is 1. The minimum absolute atomic E-state index is 0.0162. The normalized spacial score (nSPS) is 13.3. The number of ether oxygens (including phenoxy) is 2. The van der Waals surface area contributed by atoms with Crippen molar-refractivity contribution in [1.29, 1.82) is 0 Å². The van der Waals surface area contributed by atoms with E-state index in [0.717, 1.165) is 17.7 Å². The van der Waals surface area contributed by atoms with Crippen LogP contribution in [0.3, 0.4) is 0 Å². The third-order valence-corrected chi connectivity index (χ3v) is 4.47. The molecule has 28 heavy (non-hydrogen) atoms. The van der Waals surface area contributed by atoms with Gasteiger partial charge in [0.1, 0.15) is 5.75 Å². The number of amides is 2. The van der Waals surface area contributed by atoms with Crippen LogP contribution in [0.4, 0.5) is 5.69 Å². The second-order valence-corrected chi connectivity index (χ2v) is 6.37. The molecule has 1 N–H and O–H groups in total. The average Bonchev–Trinajstić information content (AvgIpc) is 3.16. The van der Waals surface area contributed by atoms with Gasteiger partial charge in [-0.1, -0.05) is 24.3 Å². The molecule has 1 heterocycles. The maximum Gasteiger partial charge on any atom is 0.340 e. The fraction of sp³-hybridized carbons (Fsp3) is 0.286. The molecular formula is C21H22N2O5. The highest BCUT2D eigenvalue weighted by molar-refractivity contribution is 6.03. The molecule has 7 nitrogen and oxygen atoms in total. The van der Waals surface area contributed by atoms with Gasteiger partial charge in [-0.15, -0.1) is 0 Å². The zero-order valence-electron chi connectivity index (χ0n) is 15.6. The van der Waals surface area contributed by atoms with Gasteiger partial charge in [-0.2, -0.15) is 0 Å². The fourth-order valence-corrected chi connectivity index (χ4v) is 2.99. The first-order chi connectivity index (χ1) is 13.6. The van der Waals surface area contributed by atoms with Crippen LogP contribution in [-0.4, -0.2) is 38.0 Å². The standard InChI is InChI=1S/C21H22N2O5/c1-27-16-10-8-15(9-11-16)13-22-19(24)14-28-21(26)17-5-2-3-6-18(17)23-12-4-7-20(23)25/h2-3,5-6,8-11H,4,7,12-14H2,1H3,(H,22,24). The first-order valence-corrected chi connectivity index (χ1v) is 9.04. The highest BCUT2D eigenvalue weighted by Crippen LogP contribution is 2.25. The molecule has 7 heteroatoms. The van der Waals surface area contributed by atoms with E-state index >= 15 is 0 Å². The number of carbonyl (C=O) groups is 3. The molecule has 0 saturated carbocycles. The van der Waals surface area contributed by atoms with Gasteiger partial charge in [0.05, 0.1) is 18.4 Å². The summed E-state index contributed by atoms with van der Waals surface area (Å²) in [6.07, 6.45) is 1.23. The van der Waals surface area contributed by atoms with Gasteiger partial charge in [0.2, 0.25) is 5.91 Å². The highest BCUT2D eigenvalue weighted by Gasteiger charge is 2.26. The Hall–Kier alpha value is -3.35. The number of nitrogens with one attached hydrogen (secondary N) is 1. The van der Waals surface area contributed by atoms with Crippen molar-refractivity contribution < 1.29 is 23.9 Å². The van der Waals surface area contributed by atoms with Crippen molar-refractivity contribution in [2.24, 2.45) is 0 Å². The monoisotopic (exact) mass is 382 g/mol. The molecule has 3 rings (SSSR count). The van der Waals surface area contributed by atoms with Crippen LogP contribution in [0.1, 0.15) is 28.8 Å². The topological polar surface area (TPSA) is 84.9 Å². The molecule has 146 valence electrons. The largest absolute Gasteiger partial charge is 0.497 e. The van der Waals surface area contributed by atoms with Crippen LogP contribution in [0.25, 0.3) is 0 Å². The van der Waals surface area contributed by atoms with Gasteiger partial charge in [0.15, 0.2) is 6.61 Å². The molecule has 0 aliphatic carbocycles. The molecule has 0 atom stereocenters. The van der Waals surface area contributed by atoms with Crippen LogP contribution in [-0.2, 0) is 20.9 Å². The van der Waals surface area contributed by atoms with Crippen LogP contribution in [0.5, 0.6) is 5.75 Å². The Labute approximate surface area is 163 Å². The van der Waals surface area contributed by atoms with Gasteiger partial charge in [-0.25, -0.2) is 4.79 Å². The molecule has 0 radical (unpaired) electrons. The van der Waals surface area contributed by atoms with Crippen LogP contribution >= 0.6 is 0 Å². The highest BCUT2D eigenvalue weighted by atomic mass is 16.5. The van der Waals surface area contributed by atoms with E-state index < -0.39 is 18.5 Å². The Morgan fingerprint density at radius 1 is 1.11 bits per heavy atom. The summed E-state index contributed by atoms with van der Waals surface area (Å²) in [7, 11) is 1.59. The zero-order valence-corrected chi connectivity index (χ0v) is 15.6. The number of nitrogens with zero attached hydrogens (tertiary/aromatic N) is 1. The molecule has 0 unspecified atom stereocenters. The average molecular weight is 382 g/mol. The Morgan fingerprint density at radius 3 is 2.54 bits per heavy atom. The number of methoxy groups -OCH3 is 1. The maximum atomic E-state index is 12.4. The Morgan fingerprint density at radius 2 is 1.86 bits per heavy atom. The quantitative estimate of drug-likeness (QED) is 0.743. The van der Waals surface area contributed by atoms with E-state index in [0.29, 0.717) is 25.2 Å². The number of anilines is 1. The van der Waals surface area contributed by atoms with E-state index in [4.69, 9.17) is 9.47 Å². The van der Waals surface area contributed by atoms with E-state index in [1.807, 2.05) is 12.1 Å². The van der Waals surface area contributed by atoms with Gasteiger partial charge in [0, 0.05) is 19.5 Å². The fourth-order valence-electron chi connectivity index (χ4n) is 2.99. The summed E-state index contributed by atoms with van der Waals surface area (Å²) in [6.45, 7) is 0.502. The number of benzene rings is 2. The van der Waals surface area contributed by atoms with Crippen molar-refractivity contribution in [3.05, 3.63) is 59.7 Å². The lowest BCUT2D eigenvalue weighted by Crippen LogP contribution is -2.29. The van der Waals surface area contributed by atoms with Gasteiger partial charge < -0.3 is 19.7 Å². The van der Waals surface area contributed by atoms with Gasteiger partial charge in [0.25, 0.3) is 5.91 Å². The van der Waals surface area contributed by atoms with E-state index in [1.165, 1.54) is 0 Å². The number of hydrogen-bond acceptors (Lipinski definition) is 5. The Bertz CT molecular complexity index is 863. The summed E-state index contributed by atoms with van der Waals surface area (Å²) >= 11 is 0. The summed E-state index contributed by atoms with van der Waals surface area (Å²) in [5.74, 6) is -0.314. The lowest BCUT2D eigenvalue weighted by molar-refractivity contribution is -0.124. The van der Waals surface area contributed by atoms with Crippen LogP contribution in [0, 0.1) is 0 Å². The Balaban J connectivity index is 1.53. The first kappa shape index (κ1) is 19.4. The minimum Gasteiger partial charge on any atom is -0.497 e. The summed E-state index contributed by atoms with van der Waals surface area (Å²) in [5, 5.41) is 2.70. The first-order valence-electron chi connectivity index (χ1n) is 9.04. The number of hydrogen-bond donors (Lipinski definition) is 1. The smallest absolute Gasteiger partial charge is 0.340 e. The molecule has 0 bridgehead atoms. The zero-order chi connectivity index (χ0) is 19.9. The molecule has 2 aromatic carbocycles. The van der Waals surface area contributed by atoms with Gasteiger partial charge in [-0.05, 0) is 36.2 Å². The molecule has 1 aliphatic heterocycles. The second-order valence-electron chi connectivity index (χ2n) is 6.37. The van der Waals surface area contributed by atoms with Crippen molar-refractivity contribution in [3.8, 4) is 5.75 Å². The Kier molecular flexibility index (Phi) is 6.26. The summed E-state index contributed by atoms with van der Waals surface area (Å²) in [6, 6.07) is 14.1. The predicted molar refractivity (Wildman–Crippen MR) is 103 cm³/mol. The SMILES string of the molecule is COc1ccc(CNC(=O)COC(=O)c2ccccc2N2CCCC2=O)cc1. The lowest BCUT2D eigenvalue weighted by atomic mass is 10.1. The molecule has 1 aliphatic rings. The summed E-state index contributed by atoms with van der Waals surface area (Å²) < 4.78 is 10.2. The van der Waals surface area contributed by atoms with E-state index in [9.17, 15) is 14.4 Å². The van der Waals surface area contributed by atoms with E-state index in [-0.39, 0.29) is 11.5 Å². The van der Waals surface area contributed by atoms with Gasteiger partial charge in [-0.3, -0.25) is 9.59 Å². The van der Waals surface area contributed by atoms with Crippen molar-refractivity contribution in [3.63, 3.8) is 0 Å². The van der Waals surface area contributed by atoms with Crippen molar-refractivity contribution >= 4 is 23.5 Å². The third kappa shape index (κ3) is 4.68. The van der Waals surface area contributed by atoms with Crippen LogP contribution in [0.15, 0.2) is 48.5 Å². The van der Waals surface area contributed by atoms with Crippen LogP contribution < -0.4 is 15.0 Å². The summed E-state index contributed by atoms with van der Waals surface area (Å²) in [4.78, 5) is 38.0. The molecular weight excluding hydrogens is 360 g/mol. The minimum atomic E-state index is -0.630. The molecule has 0 spiro atoms. The van der Waals surface area contributed by atoms with E-state index in [1.54, 1.807) is 48.4 Å². The molecule has 2 amide bonds. The molecule has 1 saturated heterocycles. The lowest BCUT2D eigenvalue weighted by Gasteiger charge is -2.18. The summed E-state index contributed by atoms with van der Waals surface area (Å²) in [5.41, 5.74) is 1.70.